The lowest BCUT2D eigenvalue weighted by atomic mass is 10.1. The number of benzene rings is 1. The van der Waals surface area contributed by atoms with Gasteiger partial charge < -0.3 is 5.11 Å². The summed E-state index contributed by atoms with van der Waals surface area (Å²) >= 11 is 0. The van der Waals surface area contributed by atoms with Gasteiger partial charge in [0.15, 0.2) is 0 Å². The number of carboxylic acid groups (broad SMARTS) is 1. The molecule has 2 rings (SSSR count). The van der Waals surface area contributed by atoms with E-state index in [0.717, 1.165) is 28.6 Å². The van der Waals surface area contributed by atoms with Gasteiger partial charge in [-0.15, -0.1) is 0 Å². The van der Waals surface area contributed by atoms with Crippen LogP contribution >= 0.6 is 0 Å². The lowest BCUT2D eigenvalue weighted by molar-refractivity contribution is -0.131. The Morgan fingerprint density at radius 1 is 1.35 bits per heavy atom. The molecule has 0 unspecified atom stereocenters. The first-order valence-corrected chi connectivity index (χ1v) is 6.48. The van der Waals surface area contributed by atoms with Gasteiger partial charge in [0.05, 0.1) is 12.2 Å². The first kappa shape index (κ1) is 14.1. The maximum absolute atomic E-state index is 10.5. The molecule has 0 saturated heterocycles. The first-order chi connectivity index (χ1) is 9.47. The summed E-state index contributed by atoms with van der Waals surface area (Å²) < 4.78 is 1.98. The molecule has 0 amide bonds. The highest BCUT2D eigenvalue weighted by Gasteiger charge is 2.07. The van der Waals surface area contributed by atoms with Gasteiger partial charge >= 0.3 is 5.97 Å². The number of hydrogen-bond donors (Lipinski definition) is 1. The molecule has 0 spiro atoms. The maximum Gasteiger partial charge on any atom is 0.328 e. The average Bonchev–Trinajstić information content (AvgIpc) is 2.65. The predicted octanol–water partition coefficient (Wildman–Crippen LogP) is 2.95. The van der Waals surface area contributed by atoms with E-state index < -0.39 is 5.97 Å². The summed E-state index contributed by atoms with van der Waals surface area (Å²) in [5.41, 5.74) is 5.40. The molecule has 0 fully saturated rings. The SMILES string of the molecule is Cc1nn(Cc2cccc(C=CC(=O)O)c2)c(C)c1C. The monoisotopic (exact) mass is 270 g/mol. The summed E-state index contributed by atoms with van der Waals surface area (Å²) in [6.45, 7) is 6.82. The van der Waals surface area contributed by atoms with Crippen molar-refractivity contribution in [3.05, 3.63) is 58.4 Å². The van der Waals surface area contributed by atoms with Crippen LogP contribution < -0.4 is 0 Å². The minimum Gasteiger partial charge on any atom is -0.478 e. The summed E-state index contributed by atoms with van der Waals surface area (Å²) in [6, 6.07) is 7.81. The Bertz CT molecular complexity index is 669. The molecular formula is C16H18N2O2. The van der Waals surface area contributed by atoms with Gasteiger partial charge in [-0.3, -0.25) is 4.68 Å². The van der Waals surface area contributed by atoms with Crippen molar-refractivity contribution < 1.29 is 9.90 Å². The van der Waals surface area contributed by atoms with Crippen LogP contribution in [0.1, 0.15) is 28.1 Å². The van der Waals surface area contributed by atoms with E-state index in [1.165, 1.54) is 5.56 Å². The van der Waals surface area contributed by atoms with Crippen LogP contribution in [0.15, 0.2) is 30.3 Å². The Balaban J connectivity index is 2.23. The van der Waals surface area contributed by atoms with E-state index in [0.29, 0.717) is 6.54 Å². The van der Waals surface area contributed by atoms with Crippen LogP contribution in [0, 0.1) is 20.8 Å². The van der Waals surface area contributed by atoms with E-state index in [1.807, 2.05) is 35.9 Å². The van der Waals surface area contributed by atoms with E-state index in [-0.39, 0.29) is 0 Å². The molecule has 0 aliphatic carbocycles. The minimum atomic E-state index is -0.940. The second-order valence-electron chi connectivity index (χ2n) is 4.87. The Morgan fingerprint density at radius 3 is 2.70 bits per heavy atom. The van der Waals surface area contributed by atoms with Crippen LogP contribution in [-0.4, -0.2) is 20.9 Å². The molecule has 104 valence electrons. The number of carbonyl (C=O) groups is 1. The van der Waals surface area contributed by atoms with Gasteiger partial charge in [-0.25, -0.2) is 4.79 Å². The van der Waals surface area contributed by atoms with Crippen molar-refractivity contribution in [2.24, 2.45) is 0 Å². The molecule has 4 heteroatoms. The first-order valence-electron chi connectivity index (χ1n) is 6.48. The molecule has 1 aromatic carbocycles. The summed E-state index contributed by atoms with van der Waals surface area (Å²) in [7, 11) is 0. The van der Waals surface area contributed by atoms with Gasteiger partial charge in [0, 0.05) is 11.8 Å². The minimum absolute atomic E-state index is 0.690. The van der Waals surface area contributed by atoms with Crippen molar-refractivity contribution in [3.8, 4) is 0 Å². The fraction of sp³-hybridized carbons (Fsp3) is 0.250. The molecule has 1 aromatic heterocycles. The third-order valence-corrected chi connectivity index (χ3v) is 3.45. The summed E-state index contributed by atoms with van der Waals surface area (Å²) in [4.78, 5) is 10.5. The standard InChI is InChI=1S/C16H18N2O2/c1-11-12(2)17-18(13(11)3)10-15-6-4-5-14(9-15)7-8-16(19)20/h4-9H,10H2,1-3H3,(H,19,20). The van der Waals surface area contributed by atoms with Gasteiger partial charge in [0.2, 0.25) is 0 Å². The third kappa shape index (κ3) is 3.15. The Hall–Kier alpha value is -2.36. The van der Waals surface area contributed by atoms with Gasteiger partial charge in [-0.05, 0) is 49.6 Å². The van der Waals surface area contributed by atoms with E-state index in [4.69, 9.17) is 5.11 Å². The lowest BCUT2D eigenvalue weighted by Gasteiger charge is -2.06. The predicted molar refractivity (Wildman–Crippen MR) is 78.7 cm³/mol. The number of nitrogens with zero attached hydrogens (tertiary/aromatic N) is 2. The largest absolute Gasteiger partial charge is 0.478 e. The highest BCUT2D eigenvalue weighted by atomic mass is 16.4. The van der Waals surface area contributed by atoms with Crippen LogP contribution in [0.5, 0.6) is 0 Å². The van der Waals surface area contributed by atoms with Crippen molar-refractivity contribution in [2.45, 2.75) is 27.3 Å². The molecule has 0 atom stereocenters. The Kier molecular flexibility index (Phi) is 4.03. The molecule has 0 aliphatic rings. The number of carboxylic acids is 1. The van der Waals surface area contributed by atoms with E-state index in [9.17, 15) is 4.79 Å². The zero-order valence-electron chi connectivity index (χ0n) is 11.9. The second kappa shape index (κ2) is 5.74. The molecule has 0 radical (unpaired) electrons. The lowest BCUT2D eigenvalue weighted by Crippen LogP contribution is -2.04. The van der Waals surface area contributed by atoms with Gasteiger partial charge in [-0.1, -0.05) is 18.2 Å². The maximum atomic E-state index is 10.5. The number of rotatable bonds is 4. The van der Waals surface area contributed by atoms with Crippen LogP contribution in [0.4, 0.5) is 0 Å². The highest BCUT2D eigenvalue weighted by molar-refractivity contribution is 5.85. The fourth-order valence-corrected chi connectivity index (χ4v) is 2.08. The van der Waals surface area contributed by atoms with Crippen LogP contribution in [0.3, 0.4) is 0 Å². The number of hydrogen-bond acceptors (Lipinski definition) is 2. The quantitative estimate of drug-likeness (QED) is 0.869. The van der Waals surface area contributed by atoms with Crippen molar-refractivity contribution >= 4 is 12.0 Å². The fourth-order valence-electron chi connectivity index (χ4n) is 2.08. The number of aliphatic carboxylic acids is 1. The summed E-state index contributed by atoms with van der Waals surface area (Å²) in [5.74, 6) is -0.940. The van der Waals surface area contributed by atoms with Gasteiger partial charge in [0.1, 0.15) is 0 Å². The van der Waals surface area contributed by atoms with Gasteiger partial charge in [-0.2, -0.15) is 5.10 Å². The zero-order valence-corrected chi connectivity index (χ0v) is 11.9. The molecule has 0 bridgehead atoms. The van der Waals surface area contributed by atoms with E-state index >= 15 is 0 Å². The van der Waals surface area contributed by atoms with Gasteiger partial charge in [0.25, 0.3) is 0 Å². The molecule has 0 saturated carbocycles. The number of aryl methyl sites for hydroxylation is 1. The molecule has 1 N–H and O–H groups in total. The highest BCUT2D eigenvalue weighted by Crippen LogP contribution is 2.14. The van der Waals surface area contributed by atoms with Crippen molar-refractivity contribution in [1.82, 2.24) is 9.78 Å². The van der Waals surface area contributed by atoms with E-state index in [2.05, 4.69) is 18.9 Å². The van der Waals surface area contributed by atoms with Crippen LogP contribution in [0.2, 0.25) is 0 Å². The third-order valence-electron chi connectivity index (χ3n) is 3.45. The van der Waals surface area contributed by atoms with Crippen LogP contribution in [0.25, 0.3) is 6.08 Å². The molecule has 4 nitrogen and oxygen atoms in total. The smallest absolute Gasteiger partial charge is 0.328 e. The van der Waals surface area contributed by atoms with E-state index in [1.54, 1.807) is 6.08 Å². The van der Waals surface area contributed by atoms with Crippen molar-refractivity contribution in [2.75, 3.05) is 0 Å². The molecular weight excluding hydrogens is 252 g/mol. The average molecular weight is 270 g/mol. The summed E-state index contributed by atoms with van der Waals surface area (Å²) in [6.07, 6.45) is 2.74. The normalized spacial score (nSPS) is 11.2. The molecule has 0 aliphatic heterocycles. The van der Waals surface area contributed by atoms with Crippen LogP contribution in [-0.2, 0) is 11.3 Å². The Morgan fingerprint density at radius 2 is 2.10 bits per heavy atom. The molecule has 1 heterocycles. The molecule has 20 heavy (non-hydrogen) atoms. The zero-order chi connectivity index (χ0) is 14.7. The van der Waals surface area contributed by atoms with Crippen molar-refractivity contribution in [3.63, 3.8) is 0 Å². The molecule has 2 aromatic rings. The van der Waals surface area contributed by atoms with Crippen molar-refractivity contribution in [1.29, 1.82) is 0 Å². The topological polar surface area (TPSA) is 55.1 Å². The number of aromatic nitrogens is 2. The summed E-state index contributed by atoms with van der Waals surface area (Å²) in [5, 5.41) is 13.2. The Labute approximate surface area is 118 Å². The second-order valence-corrected chi connectivity index (χ2v) is 4.87.